The van der Waals surface area contributed by atoms with Crippen molar-refractivity contribution in [3.05, 3.63) is 46.2 Å². The molecule has 2 aromatic heterocycles. The van der Waals surface area contributed by atoms with Gasteiger partial charge in [-0.05, 0) is 50.6 Å². The summed E-state index contributed by atoms with van der Waals surface area (Å²) >= 11 is 6.26. The molecule has 1 aromatic carbocycles. The van der Waals surface area contributed by atoms with E-state index in [-0.39, 0.29) is 16.7 Å². The first-order chi connectivity index (χ1) is 14.6. The van der Waals surface area contributed by atoms with Gasteiger partial charge in [-0.2, -0.15) is 18.6 Å². The molecule has 1 saturated heterocycles. The van der Waals surface area contributed by atoms with Crippen molar-refractivity contribution in [1.29, 1.82) is 5.26 Å². The summed E-state index contributed by atoms with van der Waals surface area (Å²) in [7, 11) is 1.91. The van der Waals surface area contributed by atoms with Gasteiger partial charge in [0.15, 0.2) is 5.65 Å². The number of benzene rings is 1. The summed E-state index contributed by atoms with van der Waals surface area (Å²) in [6.07, 6.45) is 0.866. The number of nitrogens with one attached hydrogen (secondary N) is 1. The molecule has 0 amide bonds. The van der Waals surface area contributed by atoms with Crippen molar-refractivity contribution in [3.8, 4) is 17.2 Å². The lowest BCUT2D eigenvalue weighted by Crippen LogP contribution is -2.42. The van der Waals surface area contributed by atoms with Gasteiger partial charge < -0.3 is 10.2 Å². The molecule has 0 radical (unpaired) electrons. The average molecular weight is 445 g/mol. The van der Waals surface area contributed by atoms with E-state index in [4.69, 9.17) is 11.6 Å². The number of nitriles is 1. The number of hydrogen-bond acceptors (Lipinski definition) is 5. The second-order valence-corrected chi connectivity index (χ2v) is 8.80. The summed E-state index contributed by atoms with van der Waals surface area (Å²) < 4.78 is 29.7. The van der Waals surface area contributed by atoms with Crippen molar-refractivity contribution in [3.63, 3.8) is 0 Å². The standard InChI is InChI=1S/C22H23ClF2N6/c1-13-16(11-26)18-28-20(22(3,24)25)29-31(18)19(30-9-8-21(2,12-30)27-4)17(13)14-6-5-7-15(23)10-14/h5-7,10,27H,8-9,12H2,1-4H3/t21-/m0/s1. The third kappa shape index (κ3) is 3.62. The second kappa shape index (κ2) is 7.43. The fourth-order valence-electron chi connectivity index (χ4n) is 4.14. The predicted octanol–water partition coefficient (Wildman–Crippen LogP) is 4.53. The minimum atomic E-state index is -3.23. The number of aromatic nitrogens is 3. The highest BCUT2D eigenvalue weighted by Crippen LogP contribution is 2.41. The number of nitrogens with zero attached hydrogens (tertiary/aromatic N) is 5. The number of likely N-dealkylation sites (N-methyl/N-ethyl adjacent to an activating group) is 1. The number of halogens is 3. The monoisotopic (exact) mass is 444 g/mol. The largest absolute Gasteiger partial charge is 0.354 e. The molecule has 1 aliphatic rings. The Morgan fingerprint density at radius 3 is 2.68 bits per heavy atom. The van der Waals surface area contributed by atoms with Crippen molar-refractivity contribution in [1.82, 2.24) is 19.9 Å². The molecule has 1 aliphatic heterocycles. The summed E-state index contributed by atoms with van der Waals surface area (Å²) in [5, 5.41) is 17.9. The summed E-state index contributed by atoms with van der Waals surface area (Å²) in [6, 6.07) is 9.43. The van der Waals surface area contributed by atoms with E-state index >= 15 is 0 Å². The summed E-state index contributed by atoms with van der Waals surface area (Å²) in [4.78, 5) is 6.18. The Morgan fingerprint density at radius 1 is 1.35 bits per heavy atom. The summed E-state index contributed by atoms with van der Waals surface area (Å²) in [6.45, 7) is 6.03. The Kier molecular flexibility index (Phi) is 5.15. The molecule has 0 aliphatic carbocycles. The van der Waals surface area contributed by atoms with Gasteiger partial charge in [0.25, 0.3) is 0 Å². The number of alkyl halides is 2. The topological polar surface area (TPSA) is 69.2 Å². The zero-order valence-electron chi connectivity index (χ0n) is 17.8. The van der Waals surface area contributed by atoms with E-state index in [9.17, 15) is 14.0 Å². The van der Waals surface area contributed by atoms with E-state index in [2.05, 4.69) is 33.3 Å². The van der Waals surface area contributed by atoms with E-state index in [0.717, 1.165) is 24.5 Å². The molecule has 162 valence electrons. The Balaban J connectivity index is 2.09. The Labute approximate surface area is 184 Å². The molecular weight excluding hydrogens is 422 g/mol. The summed E-state index contributed by atoms with van der Waals surface area (Å²) in [5.41, 5.74) is 2.40. The van der Waals surface area contributed by atoms with Gasteiger partial charge in [0.1, 0.15) is 17.5 Å². The Bertz CT molecular complexity index is 1210. The number of hydrogen-bond donors (Lipinski definition) is 1. The van der Waals surface area contributed by atoms with Crippen LogP contribution in [0, 0.1) is 18.3 Å². The zero-order chi connectivity index (χ0) is 22.6. The van der Waals surface area contributed by atoms with Gasteiger partial charge in [0.05, 0.1) is 0 Å². The highest BCUT2D eigenvalue weighted by Gasteiger charge is 2.37. The molecule has 0 unspecified atom stereocenters. The minimum absolute atomic E-state index is 0.135. The first-order valence-corrected chi connectivity index (χ1v) is 10.4. The van der Waals surface area contributed by atoms with Crippen LogP contribution in [-0.4, -0.2) is 40.3 Å². The van der Waals surface area contributed by atoms with Crippen LogP contribution in [0.25, 0.3) is 16.8 Å². The molecule has 0 bridgehead atoms. The fraction of sp³-hybridized carbons (Fsp3) is 0.409. The maximum atomic E-state index is 14.1. The maximum absolute atomic E-state index is 14.1. The zero-order valence-corrected chi connectivity index (χ0v) is 18.6. The van der Waals surface area contributed by atoms with E-state index in [0.29, 0.717) is 29.5 Å². The van der Waals surface area contributed by atoms with Crippen molar-refractivity contribution in [2.24, 2.45) is 0 Å². The van der Waals surface area contributed by atoms with Gasteiger partial charge >= 0.3 is 5.92 Å². The quantitative estimate of drug-likeness (QED) is 0.640. The second-order valence-electron chi connectivity index (χ2n) is 8.36. The molecule has 0 saturated carbocycles. The molecule has 31 heavy (non-hydrogen) atoms. The number of rotatable bonds is 4. The first-order valence-electron chi connectivity index (χ1n) is 9.99. The van der Waals surface area contributed by atoms with Crippen LogP contribution in [0.2, 0.25) is 5.02 Å². The molecule has 1 fully saturated rings. The van der Waals surface area contributed by atoms with Crippen LogP contribution in [0.5, 0.6) is 0 Å². The SMILES string of the molecule is CN[C@@]1(C)CCN(c2c(-c3cccc(Cl)c3)c(C)c(C#N)c3nc(C(C)(F)F)nn23)C1. The predicted molar refractivity (Wildman–Crippen MR) is 117 cm³/mol. The number of anilines is 1. The fourth-order valence-corrected chi connectivity index (χ4v) is 4.33. The third-order valence-corrected chi connectivity index (χ3v) is 6.23. The minimum Gasteiger partial charge on any atom is -0.354 e. The van der Waals surface area contributed by atoms with Gasteiger partial charge in [-0.25, -0.2) is 4.98 Å². The lowest BCUT2D eigenvalue weighted by atomic mass is 9.97. The molecule has 3 aromatic rings. The number of pyridine rings is 1. The van der Waals surface area contributed by atoms with Crippen LogP contribution in [0.1, 0.15) is 37.2 Å². The molecular formula is C22H23ClF2N6. The highest BCUT2D eigenvalue weighted by molar-refractivity contribution is 6.30. The average Bonchev–Trinajstić information content (AvgIpc) is 3.32. The van der Waals surface area contributed by atoms with Gasteiger partial charge in [-0.15, -0.1) is 5.10 Å². The van der Waals surface area contributed by atoms with Gasteiger partial charge in [0, 0.05) is 36.1 Å². The van der Waals surface area contributed by atoms with Crippen LogP contribution in [0.15, 0.2) is 24.3 Å². The van der Waals surface area contributed by atoms with Crippen LogP contribution in [0.4, 0.5) is 14.6 Å². The molecule has 6 nitrogen and oxygen atoms in total. The highest BCUT2D eigenvalue weighted by atomic mass is 35.5. The molecule has 9 heteroatoms. The van der Waals surface area contributed by atoms with E-state index in [1.807, 2.05) is 26.1 Å². The van der Waals surface area contributed by atoms with E-state index < -0.39 is 11.7 Å². The Morgan fingerprint density at radius 2 is 2.10 bits per heavy atom. The van der Waals surface area contributed by atoms with Crippen LogP contribution in [-0.2, 0) is 5.92 Å². The maximum Gasteiger partial charge on any atom is 0.305 e. The van der Waals surface area contributed by atoms with Gasteiger partial charge in [0.2, 0.25) is 5.82 Å². The Hall–Kier alpha value is -2.76. The van der Waals surface area contributed by atoms with Crippen LogP contribution < -0.4 is 10.2 Å². The molecule has 1 N–H and O–H groups in total. The van der Waals surface area contributed by atoms with Crippen LogP contribution in [0.3, 0.4) is 0 Å². The lowest BCUT2D eigenvalue weighted by molar-refractivity contribution is 0.00801. The normalized spacial score (nSPS) is 19.2. The molecule has 0 spiro atoms. The number of fused-ring (bicyclic) bond motifs is 1. The molecule has 3 heterocycles. The molecule has 1 atom stereocenters. The lowest BCUT2D eigenvalue weighted by Gasteiger charge is -2.28. The van der Waals surface area contributed by atoms with Crippen molar-refractivity contribution in [2.75, 3.05) is 25.0 Å². The first kappa shape index (κ1) is 21.5. The molecule has 4 rings (SSSR count). The third-order valence-electron chi connectivity index (χ3n) is 6.00. The van der Waals surface area contributed by atoms with Crippen LogP contribution >= 0.6 is 11.6 Å². The smallest absolute Gasteiger partial charge is 0.305 e. The van der Waals surface area contributed by atoms with Gasteiger partial charge in [-0.1, -0.05) is 23.7 Å². The van der Waals surface area contributed by atoms with Gasteiger partial charge in [-0.3, -0.25) is 0 Å². The van der Waals surface area contributed by atoms with E-state index in [1.54, 1.807) is 12.1 Å². The van der Waals surface area contributed by atoms with Crippen molar-refractivity contribution >= 4 is 23.1 Å². The van der Waals surface area contributed by atoms with Crippen molar-refractivity contribution in [2.45, 2.75) is 38.7 Å². The summed E-state index contributed by atoms with van der Waals surface area (Å²) in [5.74, 6) is -3.20. The van der Waals surface area contributed by atoms with Crippen molar-refractivity contribution < 1.29 is 8.78 Å². The van der Waals surface area contributed by atoms with E-state index in [1.165, 1.54) is 4.52 Å².